The van der Waals surface area contributed by atoms with Crippen LogP contribution in [0.15, 0.2) is 24.3 Å². The van der Waals surface area contributed by atoms with Gasteiger partial charge in [0.1, 0.15) is 6.10 Å². The molecule has 0 heterocycles. The average molecular weight is 261 g/mol. The molecule has 1 aromatic rings. The maximum Gasteiger partial charge on any atom is 0.337 e. The molecule has 0 saturated heterocycles. The summed E-state index contributed by atoms with van der Waals surface area (Å²) in [5, 5.41) is 9.88. The number of rotatable bonds is 4. The quantitative estimate of drug-likeness (QED) is 0.638. The van der Waals surface area contributed by atoms with E-state index in [4.69, 9.17) is 5.73 Å². The van der Waals surface area contributed by atoms with Crippen LogP contribution in [0.1, 0.15) is 41.8 Å². The number of benzene rings is 1. The smallest absolute Gasteiger partial charge is 0.337 e. The molecule has 0 aliphatic carbocycles. The number of carbonyl (C=O) groups is 1. The SMILES string of the molecule is CCCC(N)C#CC(O)c1ccc(C(=O)OC)cc1. The van der Waals surface area contributed by atoms with Gasteiger partial charge >= 0.3 is 5.97 Å². The van der Waals surface area contributed by atoms with E-state index in [1.807, 2.05) is 6.92 Å². The topological polar surface area (TPSA) is 72.5 Å². The van der Waals surface area contributed by atoms with Crippen molar-refractivity contribution in [2.24, 2.45) is 5.73 Å². The molecule has 4 nitrogen and oxygen atoms in total. The predicted molar refractivity (Wildman–Crippen MR) is 73.4 cm³/mol. The fraction of sp³-hybridized carbons (Fsp3) is 0.400. The molecule has 1 rings (SSSR count). The van der Waals surface area contributed by atoms with Crippen molar-refractivity contribution in [1.82, 2.24) is 0 Å². The van der Waals surface area contributed by atoms with Crippen LogP contribution in [0.3, 0.4) is 0 Å². The highest BCUT2D eigenvalue weighted by Crippen LogP contribution is 2.13. The van der Waals surface area contributed by atoms with E-state index >= 15 is 0 Å². The molecule has 0 spiro atoms. The Morgan fingerprint density at radius 3 is 2.53 bits per heavy atom. The monoisotopic (exact) mass is 261 g/mol. The molecular weight excluding hydrogens is 242 g/mol. The normalized spacial score (nSPS) is 13.1. The fourth-order valence-electron chi connectivity index (χ4n) is 1.57. The minimum atomic E-state index is -0.894. The van der Waals surface area contributed by atoms with Gasteiger partial charge in [0.15, 0.2) is 0 Å². The Bertz CT molecular complexity index is 470. The zero-order valence-electron chi connectivity index (χ0n) is 11.2. The van der Waals surface area contributed by atoms with E-state index in [1.54, 1.807) is 24.3 Å². The summed E-state index contributed by atoms with van der Waals surface area (Å²) in [6.45, 7) is 2.03. The highest BCUT2D eigenvalue weighted by atomic mass is 16.5. The Kier molecular flexibility index (Phi) is 6.07. The van der Waals surface area contributed by atoms with Gasteiger partial charge in [-0.2, -0.15) is 0 Å². The summed E-state index contributed by atoms with van der Waals surface area (Å²) >= 11 is 0. The lowest BCUT2D eigenvalue weighted by Gasteiger charge is -2.06. The number of hydrogen-bond donors (Lipinski definition) is 2. The summed E-state index contributed by atoms with van der Waals surface area (Å²) in [4.78, 5) is 11.3. The van der Waals surface area contributed by atoms with Gasteiger partial charge in [-0.1, -0.05) is 37.3 Å². The van der Waals surface area contributed by atoms with Crippen molar-refractivity contribution < 1.29 is 14.6 Å². The largest absolute Gasteiger partial charge is 0.465 e. The molecule has 0 aliphatic rings. The van der Waals surface area contributed by atoms with Crippen LogP contribution in [0.4, 0.5) is 0 Å². The van der Waals surface area contributed by atoms with Crippen molar-refractivity contribution in [3.63, 3.8) is 0 Å². The van der Waals surface area contributed by atoms with Crippen LogP contribution >= 0.6 is 0 Å². The second kappa shape index (κ2) is 7.57. The molecule has 2 atom stereocenters. The molecule has 3 N–H and O–H groups in total. The predicted octanol–water partition coefficient (Wildman–Crippen LogP) is 1.64. The van der Waals surface area contributed by atoms with Gasteiger partial charge in [-0.3, -0.25) is 0 Å². The molecule has 4 heteroatoms. The molecule has 0 bridgehead atoms. The number of ether oxygens (including phenoxy) is 1. The van der Waals surface area contributed by atoms with E-state index < -0.39 is 12.1 Å². The Labute approximate surface area is 113 Å². The van der Waals surface area contributed by atoms with Crippen LogP contribution in [0.5, 0.6) is 0 Å². The number of carbonyl (C=O) groups excluding carboxylic acids is 1. The molecule has 19 heavy (non-hydrogen) atoms. The van der Waals surface area contributed by atoms with Crippen molar-refractivity contribution in [2.75, 3.05) is 7.11 Å². The minimum Gasteiger partial charge on any atom is -0.465 e. The van der Waals surface area contributed by atoms with Crippen LogP contribution < -0.4 is 5.73 Å². The Morgan fingerprint density at radius 1 is 1.37 bits per heavy atom. The number of esters is 1. The minimum absolute atomic E-state index is 0.214. The van der Waals surface area contributed by atoms with Crippen molar-refractivity contribution >= 4 is 5.97 Å². The number of aliphatic hydroxyl groups excluding tert-OH is 1. The third-order valence-corrected chi connectivity index (χ3v) is 2.65. The van der Waals surface area contributed by atoms with Crippen LogP contribution in [0.25, 0.3) is 0 Å². The molecule has 0 aliphatic heterocycles. The van der Waals surface area contributed by atoms with Crippen LogP contribution in [-0.2, 0) is 4.74 Å². The molecule has 1 aromatic carbocycles. The van der Waals surface area contributed by atoms with E-state index in [2.05, 4.69) is 16.6 Å². The number of nitrogens with two attached hydrogens (primary N) is 1. The molecular formula is C15H19NO3. The standard InChI is InChI=1S/C15H19NO3/c1-3-4-13(16)9-10-14(17)11-5-7-12(8-6-11)15(18)19-2/h5-8,13-14,17H,3-4,16H2,1-2H3. The van der Waals surface area contributed by atoms with E-state index in [1.165, 1.54) is 7.11 Å². The van der Waals surface area contributed by atoms with Gasteiger partial charge in [0.05, 0.1) is 18.7 Å². The van der Waals surface area contributed by atoms with E-state index in [9.17, 15) is 9.90 Å². The lowest BCUT2D eigenvalue weighted by molar-refractivity contribution is 0.0600. The molecule has 2 unspecified atom stereocenters. The zero-order chi connectivity index (χ0) is 14.3. The van der Waals surface area contributed by atoms with Gasteiger partial charge in [-0.25, -0.2) is 4.79 Å². The van der Waals surface area contributed by atoms with Crippen LogP contribution in [0.2, 0.25) is 0 Å². The van der Waals surface area contributed by atoms with Crippen molar-refractivity contribution in [2.45, 2.75) is 31.9 Å². The third-order valence-electron chi connectivity index (χ3n) is 2.65. The van der Waals surface area contributed by atoms with Crippen molar-refractivity contribution in [3.05, 3.63) is 35.4 Å². The van der Waals surface area contributed by atoms with Crippen LogP contribution in [0, 0.1) is 11.8 Å². The van der Waals surface area contributed by atoms with Crippen LogP contribution in [-0.4, -0.2) is 24.2 Å². The van der Waals surface area contributed by atoms with E-state index in [0.717, 1.165) is 12.8 Å². The van der Waals surface area contributed by atoms with Crippen molar-refractivity contribution in [3.8, 4) is 11.8 Å². The highest BCUT2D eigenvalue weighted by Gasteiger charge is 2.08. The highest BCUT2D eigenvalue weighted by molar-refractivity contribution is 5.89. The first kappa shape index (κ1) is 15.2. The summed E-state index contributed by atoms with van der Waals surface area (Å²) < 4.78 is 4.60. The molecule has 0 saturated carbocycles. The Morgan fingerprint density at radius 2 is 2.00 bits per heavy atom. The first-order valence-corrected chi connectivity index (χ1v) is 6.21. The third kappa shape index (κ3) is 4.74. The number of hydrogen-bond acceptors (Lipinski definition) is 4. The summed E-state index contributed by atoms with van der Waals surface area (Å²) in [5.41, 5.74) is 6.81. The van der Waals surface area contributed by atoms with E-state index in [-0.39, 0.29) is 6.04 Å². The van der Waals surface area contributed by atoms with Crippen molar-refractivity contribution in [1.29, 1.82) is 0 Å². The van der Waals surface area contributed by atoms with Gasteiger partial charge in [0.2, 0.25) is 0 Å². The van der Waals surface area contributed by atoms with Gasteiger partial charge in [-0.05, 0) is 24.1 Å². The number of methoxy groups -OCH3 is 1. The van der Waals surface area contributed by atoms with Gasteiger partial charge in [-0.15, -0.1) is 0 Å². The zero-order valence-corrected chi connectivity index (χ0v) is 11.2. The van der Waals surface area contributed by atoms with E-state index in [0.29, 0.717) is 11.1 Å². The number of aliphatic hydroxyl groups is 1. The first-order valence-electron chi connectivity index (χ1n) is 6.21. The molecule has 0 radical (unpaired) electrons. The second-order valence-corrected chi connectivity index (χ2v) is 4.20. The molecule has 0 amide bonds. The summed E-state index contributed by atoms with van der Waals surface area (Å²) in [6, 6.07) is 6.28. The maximum atomic E-state index is 11.3. The van der Waals surface area contributed by atoms with Gasteiger partial charge in [0, 0.05) is 0 Å². The summed E-state index contributed by atoms with van der Waals surface area (Å²) in [7, 11) is 1.33. The van der Waals surface area contributed by atoms with Gasteiger partial charge < -0.3 is 15.6 Å². The maximum absolute atomic E-state index is 11.3. The molecule has 0 fully saturated rings. The lowest BCUT2D eigenvalue weighted by Crippen LogP contribution is -2.16. The average Bonchev–Trinajstić information content (AvgIpc) is 2.44. The Hall–Kier alpha value is -1.83. The first-order chi connectivity index (χ1) is 9.08. The second-order valence-electron chi connectivity index (χ2n) is 4.20. The summed E-state index contributed by atoms with van der Waals surface area (Å²) in [6.07, 6.45) is 0.871. The summed E-state index contributed by atoms with van der Waals surface area (Å²) in [5.74, 6) is 5.12. The lowest BCUT2D eigenvalue weighted by atomic mass is 10.1. The Balaban J connectivity index is 2.72. The molecule has 0 aromatic heterocycles. The van der Waals surface area contributed by atoms with Gasteiger partial charge in [0.25, 0.3) is 0 Å². The fourth-order valence-corrected chi connectivity index (χ4v) is 1.57. The molecule has 102 valence electrons.